The lowest BCUT2D eigenvalue weighted by atomic mass is 9.93. The van der Waals surface area contributed by atoms with Crippen LogP contribution in [0.4, 0.5) is 20.4 Å². The van der Waals surface area contributed by atoms with E-state index in [0.29, 0.717) is 67.4 Å². The van der Waals surface area contributed by atoms with Crippen molar-refractivity contribution in [2.24, 2.45) is 0 Å². The van der Waals surface area contributed by atoms with Gasteiger partial charge >= 0.3 is 10.2 Å². The van der Waals surface area contributed by atoms with Crippen molar-refractivity contribution in [1.29, 1.82) is 0 Å². The number of hydrogen-bond donors (Lipinski definition) is 4. The Bertz CT molecular complexity index is 2670. The summed E-state index contributed by atoms with van der Waals surface area (Å²) in [6.45, 7) is 4.78. The number of ketones is 1. The minimum Gasteiger partial charge on any atom is -0.479 e. The number of hydrogen-bond acceptors (Lipinski definition) is 13. The lowest BCUT2D eigenvalue weighted by Gasteiger charge is -2.34. The standard InChI is InChI=1S/C43H47F2N11O7S/c1-3-54(2)64(61,62)53-34-7-5-32(44)38(39(34)45)40(59)31-23-48-41-30(31)18-26(19-47-41)27-20-49-43(50-21-27)56-16-12-28(13-17-56)51-37(58)24-55-14-10-25(11-15-55)33-6-4-29(22-46-33)63-35-8-9-36(57)52-42(35)60/h4-7,18-23,25,28,35,53H,3,8-17,24H2,1-2H3,(H,47,48)(H,51,58)(H,52,57,60). The van der Waals surface area contributed by atoms with Gasteiger partial charge in [-0.3, -0.25) is 39.1 Å². The number of benzene rings is 1. The number of amides is 3. The molecule has 4 N–H and O–H groups in total. The molecule has 21 heteroatoms. The first-order valence-corrected chi connectivity index (χ1v) is 22.5. The fourth-order valence-corrected chi connectivity index (χ4v) is 9.02. The molecule has 1 unspecified atom stereocenters. The molecule has 3 fully saturated rings. The number of halogens is 2. The second-order valence-electron chi connectivity index (χ2n) is 16.1. The number of pyridine rings is 2. The average Bonchev–Trinajstić information content (AvgIpc) is 3.72. The van der Waals surface area contributed by atoms with Crippen LogP contribution in [-0.4, -0.2) is 125 Å². The quantitative estimate of drug-likeness (QED) is 0.0924. The molecule has 3 aliphatic rings. The Morgan fingerprint density at radius 3 is 2.34 bits per heavy atom. The molecule has 4 aromatic heterocycles. The number of ether oxygens (including phenoxy) is 1. The number of likely N-dealkylation sites (tertiary alicyclic amines) is 1. The Labute approximate surface area is 367 Å². The number of carbonyl (C=O) groups is 4. The van der Waals surface area contributed by atoms with Crippen LogP contribution >= 0.6 is 0 Å². The van der Waals surface area contributed by atoms with E-state index < -0.39 is 50.9 Å². The second-order valence-corrected chi connectivity index (χ2v) is 17.9. The van der Waals surface area contributed by atoms with Gasteiger partial charge in [-0.15, -0.1) is 0 Å². The molecule has 1 aromatic carbocycles. The van der Waals surface area contributed by atoms with E-state index in [1.165, 1.54) is 13.2 Å². The largest absolute Gasteiger partial charge is 0.479 e. The molecule has 3 aliphatic heterocycles. The zero-order valence-electron chi connectivity index (χ0n) is 35.1. The van der Waals surface area contributed by atoms with Crippen LogP contribution < -0.4 is 25.0 Å². The molecule has 0 spiro atoms. The molecule has 0 aliphatic carbocycles. The maximum absolute atomic E-state index is 15.6. The van der Waals surface area contributed by atoms with Crippen LogP contribution in [0.15, 0.2) is 61.3 Å². The number of carbonyl (C=O) groups excluding carboxylic acids is 4. The molecule has 7 heterocycles. The number of rotatable bonds is 14. The smallest absolute Gasteiger partial charge is 0.301 e. The summed E-state index contributed by atoms with van der Waals surface area (Å²) in [7, 11) is -2.86. The first kappa shape index (κ1) is 44.2. The number of anilines is 2. The first-order valence-electron chi connectivity index (χ1n) is 21.1. The van der Waals surface area contributed by atoms with Crippen molar-refractivity contribution < 1.29 is 41.1 Å². The Morgan fingerprint density at radius 2 is 1.66 bits per heavy atom. The summed E-state index contributed by atoms with van der Waals surface area (Å²) in [6, 6.07) is 7.11. The third kappa shape index (κ3) is 9.70. The summed E-state index contributed by atoms with van der Waals surface area (Å²) in [6.07, 6.45) is 10.7. The zero-order valence-corrected chi connectivity index (χ0v) is 36.0. The van der Waals surface area contributed by atoms with Gasteiger partial charge in [0.2, 0.25) is 23.5 Å². The van der Waals surface area contributed by atoms with Crippen LogP contribution in [0.3, 0.4) is 0 Å². The second kappa shape index (κ2) is 18.7. The van der Waals surface area contributed by atoms with Crippen LogP contribution in [-0.2, 0) is 24.6 Å². The monoisotopic (exact) mass is 899 g/mol. The maximum atomic E-state index is 15.6. The van der Waals surface area contributed by atoms with Crippen molar-refractivity contribution in [1.82, 2.24) is 44.8 Å². The van der Waals surface area contributed by atoms with E-state index in [0.717, 1.165) is 48.1 Å². The maximum Gasteiger partial charge on any atom is 0.301 e. The zero-order chi connectivity index (χ0) is 45.1. The summed E-state index contributed by atoms with van der Waals surface area (Å²) in [5.41, 5.74) is 0.814. The van der Waals surface area contributed by atoms with Crippen LogP contribution in [0.5, 0.6) is 5.75 Å². The van der Waals surface area contributed by atoms with Gasteiger partial charge in [-0.05, 0) is 69.1 Å². The molecule has 1 atom stereocenters. The highest BCUT2D eigenvalue weighted by Crippen LogP contribution is 2.31. The SMILES string of the molecule is CCN(C)S(=O)(=O)Nc1ccc(F)c(C(=O)c2c[nH]c3ncc(-c4cnc(N5CCC(NC(=O)CN6CCC(c7ccc(OC8CCC(=O)NC8=O)cn7)CC6)CC5)nc4)cc23)c1F. The van der Waals surface area contributed by atoms with Gasteiger partial charge in [0, 0.05) is 104 Å². The summed E-state index contributed by atoms with van der Waals surface area (Å²) >= 11 is 0. The first-order chi connectivity index (χ1) is 30.8. The van der Waals surface area contributed by atoms with E-state index in [1.807, 2.05) is 11.0 Å². The van der Waals surface area contributed by atoms with Gasteiger partial charge in [-0.1, -0.05) is 6.92 Å². The summed E-state index contributed by atoms with van der Waals surface area (Å²) in [4.78, 5) is 75.3. The summed E-state index contributed by atoms with van der Waals surface area (Å²) in [5.74, 6) is -3.02. The fourth-order valence-electron chi connectivity index (χ4n) is 8.08. The van der Waals surface area contributed by atoms with Crippen LogP contribution in [0.25, 0.3) is 22.2 Å². The minimum atomic E-state index is -4.15. The molecule has 336 valence electrons. The predicted molar refractivity (Wildman–Crippen MR) is 231 cm³/mol. The lowest BCUT2D eigenvalue weighted by molar-refractivity contribution is -0.139. The molecule has 0 saturated carbocycles. The van der Waals surface area contributed by atoms with Gasteiger partial charge in [0.25, 0.3) is 5.91 Å². The molecule has 3 amide bonds. The molecular weight excluding hydrogens is 853 g/mol. The molecule has 0 radical (unpaired) electrons. The average molecular weight is 900 g/mol. The topological polar surface area (TPSA) is 225 Å². The number of imide groups is 1. The number of aromatic nitrogens is 5. The molecule has 64 heavy (non-hydrogen) atoms. The normalized spacial score (nSPS) is 18.0. The third-order valence-corrected chi connectivity index (χ3v) is 13.5. The van der Waals surface area contributed by atoms with E-state index >= 15 is 8.78 Å². The van der Waals surface area contributed by atoms with E-state index in [-0.39, 0.29) is 47.7 Å². The number of fused-ring (bicyclic) bond motifs is 1. The van der Waals surface area contributed by atoms with Gasteiger partial charge in [0.1, 0.15) is 17.2 Å². The van der Waals surface area contributed by atoms with Crippen molar-refractivity contribution in [3.05, 3.63) is 89.8 Å². The summed E-state index contributed by atoms with van der Waals surface area (Å²) < 4.78 is 64.5. The number of nitrogens with zero attached hydrogens (tertiary/aromatic N) is 7. The minimum absolute atomic E-state index is 0.0122. The van der Waals surface area contributed by atoms with E-state index in [2.05, 4.69) is 45.2 Å². The van der Waals surface area contributed by atoms with E-state index in [9.17, 15) is 27.6 Å². The molecule has 5 aromatic rings. The van der Waals surface area contributed by atoms with Crippen LogP contribution in [0.1, 0.15) is 73.0 Å². The Morgan fingerprint density at radius 1 is 0.922 bits per heavy atom. The highest BCUT2D eigenvalue weighted by Gasteiger charge is 2.30. The van der Waals surface area contributed by atoms with Crippen molar-refractivity contribution in [3.8, 4) is 16.9 Å². The molecule has 18 nitrogen and oxygen atoms in total. The molecule has 3 saturated heterocycles. The van der Waals surface area contributed by atoms with Crippen LogP contribution in [0.2, 0.25) is 0 Å². The lowest BCUT2D eigenvalue weighted by Crippen LogP contribution is -2.48. The van der Waals surface area contributed by atoms with Gasteiger partial charge in [0.05, 0.1) is 24.0 Å². The van der Waals surface area contributed by atoms with Crippen molar-refractivity contribution in [2.45, 2.75) is 63.5 Å². The summed E-state index contributed by atoms with van der Waals surface area (Å²) in [5, 5.41) is 5.77. The van der Waals surface area contributed by atoms with Gasteiger partial charge in [0.15, 0.2) is 11.9 Å². The number of nitrogens with one attached hydrogen (secondary N) is 4. The third-order valence-electron chi connectivity index (χ3n) is 11.9. The van der Waals surface area contributed by atoms with Crippen molar-refractivity contribution in [3.63, 3.8) is 0 Å². The molecular formula is C43H47F2N11O7S. The molecule has 8 rings (SSSR count). The van der Waals surface area contributed by atoms with Crippen molar-refractivity contribution >= 4 is 56.4 Å². The highest BCUT2D eigenvalue weighted by molar-refractivity contribution is 7.90. The Hall–Kier alpha value is -6.45. The fraction of sp³-hybridized carbons (Fsp3) is 0.395. The predicted octanol–water partition coefficient (Wildman–Crippen LogP) is 3.68. The van der Waals surface area contributed by atoms with E-state index in [1.54, 1.807) is 43.8 Å². The number of piperidine rings is 3. The van der Waals surface area contributed by atoms with Gasteiger partial charge in [-0.2, -0.15) is 12.7 Å². The number of H-pyrrole nitrogens is 1. The Kier molecular flexibility index (Phi) is 12.9. The van der Waals surface area contributed by atoms with Crippen molar-refractivity contribution in [2.75, 3.05) is 55.9 Å². The molecule has 0 bridgehead atoms. The van der Waals surface area contributed by atoms with E-state index in [4.69, 9.17) is 4.74 Å². The van der Waals surface area contributed by atoms with Crippen LogP contribution in [0, 0.1) is 11.6 Å². The van der Waals surface area contributed by atoms with Gasteiger partial charge in [-0.25, -0.2) is 23.7 Å². The number of aromatic amines is 1. The van der Waals surface area contributed by atoms with Gasteiger partial charge < -0.3 is 19.9 Å². The highest BCUT2D eigenvalue weighted by atomic mass is 32.2. The Balaban J connectivity index is 0.813.